The van der Waals surface area contributed by atoms with E-state index in [9.17, 15) is 4.79 Å². The quantitative estimate of drug-likeness (QED) is 0.722. The van der Waals surface area contributed by atoms with Crippen LogP contribution in [0.4, 0.5) is 0 Å². The predicted octanol–water partition coefficient (Wildman–Crippen LogP) is 1.86. The second-order valence-corrected chi connectivity index (χ2v) is 6.06. The van der Waals surface area contributed by atoms with Gasteiger partial charge in [0.1, 0.15) is 5.76 Å². The fourth-order valence-electron chi connectivity index (χ4n) is 2.44. The van der Waals surface area contributed by atoms with Crippen molar-refractivity contribution >= 4 is 19.3 Å². The topological polar surface area (TPSA) is 33.5 Å². The standard InChI is InChI=1S/C11H11BO2.C4H11N/c1-6-9-7(13)4-11(2-3-11)5-8(9)14-10(6)12;1-4-5(2)3/h2-5H2,1H3;4H2,1-3H3. The van der Waals surface area contributed by atoms with Crippen molar-refractivity contribution in [3.63, 3.8) is 0 Å². The Bertz CT molecular complexity index is 487. The highest BCUT2D eigenvalue weighted by Gasteiger charge is 2.49. The number of nitrogens with zero attached hydrogens (tertiary/aromatic N) is 1. The Morgan fingerprint density at radius 3 is 2.37 bits per heavy atom. The number of ketones is 1. The molecule has 1 aromatic heterocycles. The van der Waals surface area contributed by atoms with Gasteiger partial charge in [-0.15, -0.1) is 0 Å². The van der Waals surface area contributed by atoms with Crippen molar-refractivity contribution < 1.29 is 9.21 Å². The van der Waals surface area contributed by atoms with Gasteiger partial charge in [-0.25, -0.2) is 0 Å². The Balaban J connectivity index is 0.000000232. The maximum Gasteiger partial charge on any atom is 0.168 e. The number of fused-ring (bicyclic) bond motifs is 1. The van der Waals surface area contributed by atoms with Crippen LogP contribution in [0, 0.1) is 12.3 Å². The van der Waals surface area contributed by atoms with Crippen LogP contribution in [0.25, 0.3) is 0 Å². The van der Waals surface area contributed by atoms with Gasteiger partial charge in [-0.2, -0.15) is 0 Å². The lowest BCUT2D eigenvalue weighted by molar-refractivity contribution is 0.0935. The molecule has 0 aromatic carbocycles. The number of Topliss-reactive ketones (excluding diaryl/α,β-unsaturated/α-hetero) is 1. The minimum absolute atomic E-state index is 0.224. The number of hydrogen-bond donors (Lipinski definition) is 0. The van der Waals surface area contributed by atoms with Crippen LogP contribution in [0.15, 0.2) is 4.42 Å². The van der Waals surface area contributed by atoms with E-state index in [1.165, 1.54) is 0 Å². The molecule has 0 amide bonds. The van der Waals surface area contributed by atoms with Gasteiger partial charge in [0, 0.05) is 12.8 Å². The highest BCUT2D eigenvalue weighted by molar-refractivity contribution is 6.31. The molecule has 1 spiro atoms. The molecule has 4 heteroatoms. The largest absolute Gasteiger partial charge is 0.477 e. The molecule has 0 bridgehead atoms. The zero-order valence-electron chi connectivity index (χ0n) is 12.4. The Morgan fingerprint density at radius 2 is 1.89 bits per heavy atom. The van der Waals surface area contributed by atoms with Crippen molar-refractivity contribution in [2.24, 2.45) is 5.41 Å². The fourth-order valence-corrected chi connectivity index (χ4v) is 2.44. The minimum Gasteiger partial charge on any atom is -0.477 e. The van der Waals surface area contributed by atoms with Crippen LogP contribution < -0.4 is 5.66 Å². The molecule has 1 saturated carbocycles. The van der Waals surface area contributed by atoms with Crippen molar-refractivity contribution in [1.29, 1.82) is 0 Å². The van der Waals surface area contributed by atoms with E-state index in [2.05, 4.69) is 25.9 Å². The van der Waals surface area contributed by atoms with Gasteiger partial charge in [-0.3, -0.25) is 4.79 Å². The van der Waals surface area contributed by atoms with Gasteiger partial charge >= 0.3 is 0 Å². The third kappa shape index (κ3) is 2.94. The molecule has 2 aliphatic rings. The summed E-state index contributed by atoms with van der Waals surface area (Å²) in [6, 6.07) is 0. The van der Waals surface area contributed by atoms with Crippen LogP contribution in [0.5, 0.6) is 0 Å². The van der Waals surface area contributed by atoms with Crippen molar-refractivity contribution in [2.75, 3.05) is 20.6 Å². The van der Waals surface area contributed by atoms with E-state index < -0.39 is 0 Å². The average molecular weight is 259 g/mol. The van der Waals surface area contributed by atoms with Gasteiger partial charge in [0.05, 0.1) is 11.2 Å². The van der Waals surface area contributed by atoms with Gasteiger partial charge in [-0.05, 0) is 51.4 Å². The number of carbonyl (C=O) groups is 1. The molecule has 2 aliphatic carbocycles. The molecule has 1 fully saturated rings. The van der Waals surface area contributed by atoms with E-state index in [1.807, 2.05) is 6.92 Å². The second-order valence-electron chi connectivity index (χ2n) is 6.06. The van der Waals surface area contributed by atoms with Crippen LogP contribution >= 0.6 is 0 Å². The lowest BCUT2D eigenvalue weighted by Gasteiger charge is -2.19. The first-order valence-corrected chi connectivity index (χ1v) is 6.94. The van der Waals surface area contributed by atoms with Crippen LogP contribution in [-0.2, 0) is 6.42 Å². The summed E-state index contributed by atoms with van der Waals surface area (Å²) in [5.74, 6) is 1.05. The van der Waals surface area contributed by atoms with Gasteiger partial charge in [0.25, 0.3) is 0 Å². The van der Waals surface area contributed by atoms with Crippen LogP contribution in [-0.4, -0.2) is 39.2 Å². The molecular weight excluding hydrogens is 237 g/mol. The summed E-state index contributed by atoms with van der Waals surface area (Å²) in [5, 5.41) is 0. The molecule has 19 heavy (non-hydrogen) atoms. The summed E-state index contributed by atoms with van der Waals surface area (Å²) in [6.45, 7) is 5.13. The number of hydrogen-bond acceptors (Lipinski definition) is 3. The van der Waals surface area contributed by atoms with E-state index in [4.69, 9.17) is 12.3 Å². The van der Waals surface area contributed by atoms with Crippen LogP contribution in [0.1, 0.15) is 47.9 Å². The van der Waals surface area contributed by atoms with Crippen molar-refractivity contribution in [2.45, 2.75) is 39.5 Å². The average Bonchev–Trinajstić information content (AvgIpc) is 3.00. The Labute approximate surface area is 116 Å². The Kier molecular flexibility index (Phi) is 3.91. The van der Waals surface area contributed by atoms with E-state index >= 15 is 0 Å². The zero-order valence-corrected chi connectivity index (χ0v) is 12.4. The maximum atomic E-state index is 11.9. The summed E-state index contributed by atoms with van der Waals surface area (Å²) >= 11 is 0. The number of furan rings is 1. The second kappa shape index (κ2) is 5.16. The summed E-state index contributed by atoms with van der Waals surface area (Å²) < 4.78 is 5.44. The van der Waals surface area contributed by atoms with E-state index in [0.29, 0.717) is 12.1 Å². The summed E-state index contributed by atoms with van der Waals surface area (Å²) in [7, 11) is 9.78. The van der Waals surface area contributed by atoms with Crippen molar-refractivity contribution in [3.05, 3.63) is 16.9 Å². The molecule has 2 radical (unpaired) electrons. The lowest BCUT2D eigenvalue weighted by atomic mass is 9.82. The van der Waals surface area contributed by atoms with Gasteiger partial charge in [-0.1, -0.05) is 6.92 Å². The first-order valence-electron chi connectivity index (χ1n) is 6.94. The monoisotopic (exact) mass is 259 g/mol. The van der Waals surface area contributed by atoms with Crippen molar-refractivity contribution in [3.8, 4) is 0 Å². The fraction of sp³-hybridized carbons (Fsp3) is 0.667. The predicted molar refractivity (Wildman–Crippen MR) is 77.4 cm³/mol. The third-order valence-corrected chi connectivity index (χ3v) is 4.20. The first-order chi connectivity index (χ1) is 8.88. The van der Waals surface area contributed by atoms with Crippen LogP contribution in [0.3, 0.4) is 0 Å². The molecule has 3 rings (SSSR count). The lowest BCUT2D eigenvalue weighted by Crippen LogP contribution is -2.20. The number of carbonyl (C=O) groups excluding carboxylic acids is 1. The highest BCUT2D eigenvalue weighted by Crippen LogP contribution is 2.54. The maximum absolute atomic E-state index is 11.9. The van der Waals surface area contributed by atoms with Gasteiger partial charge in [0.2, 0.25) is 0 Å². The summed E-state index contributed by atoms with van der Waals surface area (Å²) in [4.78, 5) is 14.0. The van der Waals surface area contributed by atoms with Crippen LogP contribution in [0.2, 0.25) is 0 Å². The van der Waals surface area contributed by atoms with Crippen molar-refractivity contribution in [1.82, 2.24) is 4.90 Å². The van der Waals surface area contributed by atoms with E-state index in [1.54, 1.807) is 0 Å². The molecular formula is C15H22BNO2. The molecule has 0 saturated heterocycles. The molecule has 0 N–H and O–H groups in total. The van der Waals surface area contributed by atoms with Gasteiger partial charge in [0.15, 0.2) is 13.6 Å². The molecule has 102 valence electrons. The molecule has 0 unspecified atom stereocenters. The zero-order chi connectivity index (χ0) is 14.2. The smallest absolute Gasteiger partial charge is 0.168 e. The van der Waals surface area contributed by atoms with Gasteiger partial charge < -0.3 is 9.32 Å². The van der Waals surface area contributed by atoms with E-state index in [-0.39, 0.29) is 11.2 Å². The third-order valence-electron chi connectivity index (χ3n) is 4.20. The molecule has 1 heterocycles. The Morgan fingerprint density at radius 1 is 1.32 bits per heavy atom. The minimum atomic E-state index is 0.224. The normalized spacial score (nSPS) is 19.1. The Hall–Kier alpha value is -1.03. The summed E-state index contributed by atoms with van der Waals surface area (Å²) in [6.07, 6.45) is 3.93. The highest BCUT2D eigenvalue weighted by atomic mass is 16.3. The SMILES string of the molecule is CCN(C)C.[B]c1oc2c(c1C)C(=O)CC1(CC1)C2. The molecule has 0 aliphatic heterocycles. The molecule has 1 aromatic rings. The summed E-state index contributed by atoms with van der Waals surface area (Å²) in [5.41, 5.74) is 2.27. The number of rotatable bonds is 1. The molecule has 3 nitrogen and oxygen atoms in total. The van der Waals surface area contributed by atoms with E-state index in [0.717, 1.165) is 42.7 Å². The molecule has 0 atom stereocenters. The first kappa shape index (κ1) is 14.4.